The average molecular weight is 323 g/mol. The summed E-state index contributed by atoms with van der Waals surface area (Å²) in [7, 11) is 0. The van der Waals surface area contributed by atoms with E-state index in [0.717, 1.165) is 42.6 Å². The highest BCUT2D eigenvalue weighted by molar-refractivity contribution is 8.14. The maximum Gasteiger partial charge on any atom is 0.416 e. The summed E-state index contributed by atoms with van der Waals surface area (Å²) in [5, 5.41) is 0.975. The minimum absolute atomic E-state index is 0.173. The third-order valence-corrected chi connectivity index (χ3v) is 4.16. The van der Waals surface area contributed by atoms with Crippen molar-refractivity contribution in [2.45, 2.75) is 19.5 Å². The van der Waals surface area contributed by atoms with Crippen LogP contribution in [-0.2, 0) is 6.18 Å². The third-order valence-electron chi connectivity index (χ3n) is 2.85. The molecule has 1 aliphatic heterocycles. The van der Waals surface area contributed by atoms with Crippen molar-refractivity contribution in [3.8, 4) is 0 Å². The minimum Gasteiger partial charge on any atom is -0.350 e. The molecule has 7 heteroatoms. The molecule has 0 spiro atoms. The molecule has 0 aromatic heterocycles. The van der Waals surface area contributed by atoms with Crippen molar-refractivity contribution in [1.82, 2.24) is 4.90 Å². The molecule has 0 atom stereocenters. The highest BCUT2D eigenvalue weighted by Crippen LogP contribution is 2.36. The molecule has 2 rings (SSSR count). The molecule has 1 fully saturated rings. The predicted molar refractivity (Wildman–Crippen MR) is 77.9 cm³/mol. The first-order valence-corrected chi connectivity index (χ1v) is 7.61. The Labute approximate surface area is 125 Å². The molecular formula is C13H14ClF3N2S. The van der Waals surface area contributed by atoms with Crippen LogP contribution in [0.5, 0.6) is 0 Å². The lowest BCUT2D eigenvalue weighted by molar-refractivity contribution is -0.137. The van der Waals surface area contributed by atoms with Gasteiger partial charge in [0, 0.05) is 18.8 Å². The van der Waals surface area contributed by atoms with E-state index in [0.29, 0.717) is 0 Å². The highest BCUT2D eigenvalue weighted by Gasteiger charge is 2.31. The number of halogens is 4. The predicted octanol–water partition coefficient (Wildman–Crippen LogP) is 4.81. The van der Waals surface area contributed by atoms with E-state index in [1.54, 1.807) is 11.8 Å². The SMILES string of the molecule is CCCN1CCSC1=Nc1cc(C(F)(F)F)ccc1Cl. The number of rotatable bonds is 3. The first-order chi connectivity index (χ1) is 9.41. The van der Waals surface area contributed by atoms with E-state index in [1.807, 2.05) is 0 Å². The van der Waals surface area contributed by atoms with Crippen LogP contribution in [-0.4, -0.2) is 28.9 Å². The normalized spacial score (nSPS) is 18.1. The van der Waals surface area contributed by atoms with Gasteiger partial charge in [-0.15, -0.1) is 0 Å². The molecule has 0 amide bonds. The Morgan fingerprint density at radius 3 is 2.80 bits per heavy atom. The van der Waals surface area contributed by atoms with Crippen LogP contribution in [0.25, 0.3) is 0 Å². The lowest BCUT2D eigenvalue weighted by atomic mass is 10.2. The first-order valence-electron chi connectivity index (χ1n) is 6.25. The van der Waals surface area contributed by atoms with Crippen LogP contribution in [0, 0.1) is 0 Å². The zero-order valence-corrected chi connectivity index (χ0v) is 12.4. The smallest absolute Gasteiger partial charge is 0.350 e. The van der Waals surface area contributed by atoms with Crippen LogP contribution < -0.4 is 0 Å². The molecule has 20 heavy (non-hydrogen) atoms. The Hall–Kier alpha value is -0.880. The van der Waals surface area contributed by atoms with Gasteiger partial charge in [0.2, 0.25) is 0 Å². The van der Waals surface area contributed by atoms with E-state index < -0.39 is 11.7 Å². The summed E-state index contributed by atoms with van der Waals surface area (Å²) >= 11 is 7.49. The maximum absolute atomic E-state index is 12.7. The van der Waals surface area contributed by atoms with Gasteiger partial charge in [0.05, 0.1) is 16.3 Å². The summed E-state index contributed by atoms with van der Waals surface area (Å²) in [4.78, 5) is 6.38. The van der Waals surface area contributed by atoms with E-state index >= 15 is 0 Å². The number of alkyl halides is 3. The summed E-state index contributed by atoms with van der Waals surface area (Å²) in [5.74, 6) is 0.898. The number of aliphatic imine (C=N–C) groups is 1. The quantitative estimate of drug-likeness (QED) is 0.794. The number of amidine groups is 1. The van der Waals surface area contributed by atoms with Crippen LogP contribution >= 0.6 is 23.4 Å². The van der Waals surface area contributed by atoms with Crippen molar-refractivity contribution < 1.29 is 13.2 Å². The molecule has 0 N–H and O–H groups in total. The van der Waals surface area contributed by atoms with Gasteiger partial charge in [-0.1, -0.05) is 30.3 Å². The number of nitrogens with zero attached hydrogens (tertiary/aromatic N) is 2. The lowest BCUT2D eigenvalue weighted by Crippen LogP contribution is -2.24. The first kappa shape index (κ1) is 15.5. The van der Waals surface area contributed by atoms with Crippen LogP contribution in [0.3, 0.4) is 0 Å². The van der Waals surface area contributed by atoms with E-state index in [4.69, 9.17) is 11.6 Å². The van der Waals surface area contributed by atoms with Gasteiger partial charge in [-0.25, -0.2) is 4.99 Å². The summed E-state index contributed by atoms with van der Waals surface area (Å²) < 4.78 is 38.1. The molecule has 0 radical (unpaired) electrons. The zero-order valence-electron chi connectivity index (χ0n) is 10.9. The standard InChI is InChI=1S/C13H14ClF3N2S/c1-2-5-19-6-7-20-12(19)18-11-8-9(13(15,16)17)3-4-10(11)14/h3-4,8H,2,5-7H2,1H3. The number of thioether (sulfide) groups is 1. The Morgan fingerprint density at radius 2 is 2.15 bits per heavy atom. The summed E-state index contributed by atoms with van der Waals surface area (Å²) in [6.07, 6.45) is -3.42. The summed E-state index contributed by atoms with van der Waals surface area (Å²) in [5.41, 5.74) is -0.557. The fraction of sp³-hybridized carbons (Fsp3) is 0.462. The van der Waals surface area contributed by atoms with Gasteiger partial charge in [-0.3, -0.25) is 0 Å². The Morgan fingerprint density at radius 1 is 1.40 bits per heavy atom. The molecule has 1 heterocycles. The monoisotopic (exact) mass is 322 g/mol. The molecule has 0 saturated carbocycles. The largest absolute Gasteiger partial charge is 0.416 e. The minimum atomic E-state index is -4.38. The lowest BCUT2D eigenvalue weighted by Gasteiger charge is -2.16. The number of benzene rings is 1. The van der Waals surface area contributed by atoms with Gasteiger partial charge in [0.15, 0.2) is 5.17 Å². The molecule has 1 aliphatic rings. The molecule has 0 aliphatic carbocycles. The average Bonchev–Trinajstić information content (AvgIpc) is 2.79. The highest BCUT2D eigenvalue weighted by atomic mass is 35.5. The van der Waals surface area contributed by atoms with Crippen molar-refractivity contribution >= 4 is 34.2 Å². The maximum atomic E-state index is 12.7. The molecule has 110 valence electrons. The zero-order chi connectivity index (χ0) is 14.8. The van der Waals surface area contributed by atoms with Crippen LogP contribution in [0.1, 0.15) is 18.9 Å². The molecule has 1 aromatic rings. The van der Waals surface area contributed by atoms with Crippen LogP contribution in [0.15, 0.2) is 23.2 Å². The van der Waals surface area contributed by atoms with Gasteiger partial charge in [0.1, 0.15) is 0 Å². The van der Waals surface area contributed by atoms with Crippen molar-refractivity contribution in [3.05, 3.63) is 28.8 Å². The van der Waals surface area contributed by atoms with Crippen LogP contribution in [0.4, 0.5) is 18.9 Å². The second-order valence-corrected chi connectivity index (χ2v) is 5.86. The molecule has 1 aromatic carbocycles. The Bertz CT molecular complexity index is 517. The number of hydrogen-bond donors (Lipinski definition) is 0. The van der Waals surface area contributed by atoms with Crippen molar-refractivity contribution in [3.63, 3.8) is 0 Å². The summed E-state index contributed by atoms with van der Waals surface area (Å²) in [6.45, 7) is 3.77. The molecule has 0 unspecified atom stereocenters. The van der Waals surface area contributed by atoms with Gasteiger partial charge in [-0.2, -0.15) is 13.2 Å². The van der Waals surface area contributed by atoms with Gasteiger partial charge < -0.3 is 4.90 Å². The van der Waals surface area contributed by atoms with Gasteiger partial charge in [0.25, 0.3) is 0 Å². The molecule has 2 nitrogen and oxygen atoms in total. The Balaban J connectivity index is 2.32. The molecule has 0 bridgehead atoms. The fourth-order valence-corrected chi connectivity index (χ4v) is 3.07. The Kier molecular flexibility index (Phi) is 4.86. The van der Waals surface area contributed by atoms with Crippen molar-refractivity contribution in [2.75, 3.05) is 18.8 Å². The summed E-state index contributed by atoms with van der Waals surface area (Å²) in [6, 6.07) is 3.21. The van der Waals surface area contributed by atoms with E-state index in [9.17, 15) is 13.2 Å². The second kappa shape index (κ2) is 6.26. The van der Waals surface area contributed by atoms with Gasteiger partial charge >= 0.3 is 6.18 Å². The molecule has 1 saturated heterocycles. The fourth-order valence-electron chi connectivity index (χ4n) is 1.89. The van der Waals surface area contributed by atoms with E-state index in [1.165, 1.54) is 6.07 Å². The van der Waals surface area contributed by atoms with E-state index in [2.05, 4.69) is 16.8 Å². The van der Waals surface area contributed by atoms with Gasteiger partial charge in [-0.05, 0) is 24.6 Å². The third kappa shape index (κ3) is 3.61. The second-order valence-electron chi connectivity index (χ2n) is 4.39. The van der Waals surface area contributed by atoms with Crippen LogP contribution in [0.2, 0.25) is 5.02 Å². The van der Waals surface area contributed by atoms with Crippen molar-refractivity contribution in [1.29, 1.82) is 0 Å². The van der Waals surface area contributed by atoms with Crippen molar-refractivity contribution in [2.24, 2.45) is 4.99 Å². The number of hydrogen-bond acceptors (Lipinski definition) is 2. The molecular weight excluding hydrogens is 309 g/mol. The topological polar surface area (TPSA) is 15.6 Å². The van der Waals surface area contributed by atoms with E-state index in [-0.39, 0.29) is 10.7 Å².